The predicted octanol–water partition coefficient (Wildman–Crippen LogP) is 4.17. The molecule has 3 heterocycles. The molecule has 2 aromatic carbocycles. The molecule has 0 spiro atoms. The SMILES string of the molecule is O=C(Nc1ccc2c(c1)OCO2)C1CCN(C(=O)c2cnc(-c3ccccc3F)s2)CC1. The summed E-state index contributed by atoms with van der Waals surface area (Å²) in [5.74, 6) is 0.518. The van der Waals surface area contributed by atoms with Crippen LogP contribution in [0.2, 0.25) is 0 Å². The van der Waals surface area contributed by atoms with Gasteiger partial charge in [0.05, 0.1) is 6.20 Å². The third-order valence-electron chi connectivity index (χ3n) is 5.61. The van der Waals surface area contributed by atoms with Gasteiger partial charge in [-0.25, -0.2) is 9.37 Å². The van der Waals surface area contributed by atoms with Gasteiger partial charge in [-0.15, -0.1) is 11.3 Å². The lowest BCUT2D eigenvalue weighted by Crippen LogP contribution is -2.41. The number of aromatic nitrogens is 1. The van der Waals surface area contributed by atoms with Crippen molar-refractivity contribution in [3.8, 4) is 22.1 Å². The van der Waals surface area contributed by atoms with Crippen molar-refractivity contribution in [3.63, 3.8) is 0 Å². The molecule has 1 N–H and O–H groups in total. The maximum absolute atomic E-state index is 14.0. The van der Waals surface area contributed by atoms with E-state index in [1.165, 1.54) is 23.6 Å². The second kappa shape index (κ2) is 8.58. The molecule has 1 fully saturated rings. The van der Waals surface area contributed by atoms with Gasteiger partial charge < -0.3 is 19.7 Å². The number of halogens is 1. The molecule has 7 nitrogen and oxygen atoms in total. The van der Waals surface area contributed by atoms with Crippen LogP contribution in [0.15, 0.2) is 48.7 Å². The molecule has 1 saturated heterocycles. The number of benzene rings is 2. The van der Waals surface area contributed by atoms with Gasteiger partial charge in [-0.05, 0) is 37.1 Å². The lowest BCUT2D eigenvalue weighted by atomic mass is 9.95. The van der Waals surface area contributed by atoms with Crippen LogP contribution in [0.25, 0.3) is 10.6 Å². The minimum Gasteiger partial charge on any atom is -0.454 e. The highest BCUT2D eigenvalue weighted by Gasteiger charge is 2.29. The average molecular weight is 453 g/mol. The Morgan fingerprint density at radius 3 is 2.69 bits per heavy atom. The molecule has 2 amide bonds. The molecule has 3 aromatic rings. The molecule has 0 saturated carbocycles. The number of nitrogens with zero attached hydrogens (tertiary/aromatic N) is 2. The summed E-state index contributed by atoms with van der Waals surface area (Å²) in [6.07, 6.45) is 2.63. The number of piperidine rings is 1. The summed E-state index contributed by atoms with van der Waals surface area (Å²) < 4.78 is 24.6. The topological polar surface area (TPSA) is 80.8 Å². The summed E-state index contributed by atoms with van der Waals surface area (Å²) in [7, 11) is 0. The van der Waals surface area contributed by atoms with Gasteiger partial charge in [0, 0.05) is 36.3 Å². The summed E-state index contributed by atoms with van der Waals surface area (Å²) >= 11 is 1.18. The first-order chi connectivity index (χ1) is 15.6. The Kier molecular flexibility index (Phi) is 5.48. The van der Waals surface area contributed by atoms with Crippen molar-refractivity contribution in [1.82, 2.24) is 9.88 Å². The van der Waals surface area contributed by atoms with Crippen LogP contribution in [0.1, 0.15) is 22.5 Å². The highest BCUT2D eigenvalue weighted by Crippen LogP contribution is 2.34. The van der Waals surface area contributed by atoms with E-state index in [1.54, 1.807) is 41.3 Å². The van der Waals surface area contributed by atoms with E-state index in [1.807, 2.05) is 0 Å². The van der Waals surface area contributed by atoms with Gasteiger partial charge >= 0.3 is 0 Å². The first-order valence-electron chi connectivity index (χ1n) is 10.3. The first-order valence-corrected chi connectivity index (χ1v) is 11.1. The maximum Gasteiger partial charge on any atom is 0.265 e. The number of likely N-dealkylation sites (tertiary alicyclic amines) is 1. The molecule has 0 radical (unpaired) electrons. The van der Waals surface area contributed by atoms with Crippen LogP contribution in [0.3, 0.4) is 0 Å². The summed E-state index contributed by atoms with van der Waals surface area (Å²) in [5, 5.41) is 3.40. The number of rotatable bonds is 4. The van der Waals surface area contributed by atoms with Gasteiger partial charge in [0.1, 0.15) is 15.7 Å². The third-order valence-corrected chi connectivity index (χ3v) is 6.63. The zero-order valence-electron chi connectivity index (χ0n) is 17.0. The second-order valence-electron chi connectivity index (χ2n) is 7.63. The van der Waals surface area contributed by atoms with Gasteiger partial charge in [0.15, 0.2) is 11.5 Å². The lowest BCUT2D eigenvalue weighted by Gasteiger charge is -2.31. The van der Waals surface area contributed by atoms with Crippen molar-refractivity contribution in [1.29, 1.82) is 0 Å². The fourth-order valence-corrected chi connectivity index (χ4v) is 4.76. The molecule has 2 aliphatic heterocycles. The van der Waals surface area contributed by atoms with Gasteiger partial charge in [-0.3, -0.25) is 9.59 Å². The van der Waals surface area contributed by atoms with Gasteiger partial charge in [-0.1, -0.05) is 12.1 Å². The van der Waals surface area contributed by atoms with Crippen LogP contribution < -0.4 is 14.8 Å². The van der Waals surface area contributed by atoms with Crippen molar-refractivity contribution in [2.24, 2.45) is 5.92 Å². The van der Waals surface area contributed by atoms with Crippen molar-refractivity contribution >= 4 is 28.8 Å². The number of thiazole rings is 1. The number of carbonyl (C=O) groups is 2. The van der Waals surface area contributed by atoms with E-state index >= 15 is 0 Å². The number of hydrogen-bond donors (Lipinski definition) is 1. The van der Waals surface area contributed by atoms with E-state index in [0.29, 0.717) is 58.6 Å². The Labute approximate surface area is 187 Å². The maximum atomic E-state index is 14.0. The monoisotopic (exact) mass is 453 g/mol. The van der Waals surface area contributed by atoms with E-state index in [9.17, 15) is 14.0 Å². The second-order valence-corrected chi connectivity index (χ2v) is 8.66. The summed E-state index contributed by atoms with van der Waals surface area (Å²) in [6, 6.07) is 11.7. The molecular formula is C23H20FN3O4S. The Balaban J connectivity index is 1.18. The Morgan fingerprint density at radius 1 is 1.09 bits per heavy atom. The van der Waals surface area contributed by atoms with E-state index in [0.717, 1.165) is 0 Å². The highest BCUT2D eigenvalue weighted by molar-refractivity contribution is 7.16. The zero-order valence-corrected chi connectivity index (χ0v) is 17.9. The molecular weight excluding hydrogens is 433 g/mol. The third kappa shape index (κ3) is 4.03. The quantitative estimate of drug-likeness (QED) is 0.641. The Bertz CT molecular complexity index is 1170. The fourth-order valence-electron chi connectivity index (χ4n) is 3.85. The smallest absolute Gasteiger partial charge is 0.265 e. The van der Waals surface area contributed by atoms with E-state index in [-0.39, 0.29) is 30.3 Å². The summed E-state index contributed by atoms with van der Waals surface area (Å²) in [4.78, 5) is 32.0. The van der Waals surface area contributed by atoms with Crippen LogP contribution in [0, 0.1) is 11.7 Å². The predicted molar refractivity (Wildman–Crippen MR) is 117 cm³/mol. The van der Waals surface area contributed by atoms with Gasteiger partial charge in [-0.2, -0.15) is 0 Å². The van der Waals surface area contributed by atoms with Crippen LogP contribution >= 0.6 is 11.3 Å². The number of anilines is 1. The number of amides is 2. The summed E-state index contributed by atoms with van der Waals surface area (Å²) in [5.41, 5.74) is 1.04. The molecule has 32 heavy (non-hydrogen) atoms. The van der Waals surface area contributed by atoms with E-state index < -0.39 is 0 Å². The fraction of sp³-hybridized carbons (Fsp3) is 0.261. The number of nitrogens with one attached hydrogen (secondary N) is 1. The number of carbonyl (C=O) groups excluding carboxylic acids is 2. The van der Waals surface area contributed by atoms with Crippen molar-refractivity contribution < 1.29 is 23.5 Å². The van der Waals surface area contributed by atoms with E-state index in [4.69, 9.17) is 9.47 Å². The molecule has 0 unspecified atom stereocenters. The Morgan fingerprint density at radius 2 is 1.88 bits per heavy atom. The average Bonchev–Trinajstić information content (AvgIpc) is 3.48. The molecule has 164 valence electrons. The van der Waals surface area contributed by atoms with Crippen molar-refractivity contribution in [3.05, 3.63) is 59.4 Å². The highest BCUT2D eigenvalue weighted by atomic mass is 32.1. The first kappa shape index (κ1) is 20.4. The minimum absolute atomic E-state index is 0.0735. The molecule has 0 atom stereocenters. The number of fused-ring (bicyclic) bond motifs is 1. The van der Waals surface area contributed by atoms with Gasteiger partial charge in [0.25, 0.3) is 5.91 Å². The molecule has 0 aliphatic carbocycles. The zero-order chi connectivity index (χ0) is 22.1. The molecule has 9 heteroatoms. The van der Waals surface area contributed by atoms with Crippen LogP contribution in [-0.4, -0.2) is 41.6 Å². The number of ether oxygens (including phenoxy) is 2. The lowest BCUT2D eigenvalue weighted by molar-refractivity contribution is -0.121. The molecule has 0 bridgehead atoms. The summed E-state index contributed by atoms with van der Waals surface area (Å²) in [6.45, 7) is 1.14. The largest absolute Gasteiger partial charge is 0.454 e. The number of hydrogen-bond acceptors (Lipinski definition) is 6. The normalized spacial score (nSPS) is 15.6. The molecule has 1 aromatic heterocycles. The van der Waals surface area contributed by atoms with Gasteiger partial charge in [0.2, 0.25) is 12.7 Å². The van der Waals surface area contributed by atoms with E-state index in [2.05, 4.69) is 10.3 Å². The minimum atomic E-state index is -0.366. The standard InChI is InChI=1S/C23H20FN3O4S/c24-17-4-2-1-3-16(17)22-25-12-20(32-22)23(29)27-9-7-14(8-10-27)21(28)26-15-5-6-18-19(11-15)31-13-30-18/h1-6,11-12,14H,7-10,13H2,(H,26,28). The van der Waals surface area contributed by atoms with Crippen LogP contribution in [0.5, 0.6) is 11.5 Å². The molecule has 2 aliphatic rings. The van der Waals surface area contributed by atoms with Crippen molar-refractivity contribution in [2.75, 3.05) is 25.2 Å². The Hall–Kier alpha value is -3.46. The van der Waals surface area contributed by atoms with Crippen LogP contribution in [-0.2, 0) is 4.79 Å². The van der Waals surface area contributed by atoms with Crippen molar-refractivity contribution in [2.45, 2.75) is 12.8 Å². The van der Waals surface area contributed by atoms with Crippen LogP contribution in [0.4, 0.5) is 10.1 Å². The molecule has 5 rings (SSSR count).